The summed E-state index contributed by atoms with van der Waals surface area (Å²) in [5.74, 6) is 13.3. The molecule has 4 N–H and O–H groups in total. The Morgan fingerprint density at radius 2 is 1.38 bits per heavy atom. The van der Waals surface area contributed by atoms with Crippen molar-refractivity contribution in [3.63, 3.8) is 0 Å². The predicted octanol–water partition coefficient (Wildman–Crippen LogP) is 7.04. The van der Waals surface area contributed by atoms with E-state index in [-0.39, 0.29) is 36.2 Å². The van der Waals surface area contributed by atoms with Crippen molar-refractivity contribution in [2.45, 2.75) is 92.4 Å². The fraction of sp³-hybridized carbons (Fsp3) is 0.435. The molecule has 4 aromatic rings. The van der Waals surface area contributed by atoms with Gasteiger partial charge in [0.1, 0.15) is 23.7 Å². The van der Waals surface area contributed by atoms with Crippen molar-refractivity contribution in [2.75, 3.05) is 27.3 Å². The highest BCUT2D eigenvalue weighted by Crippen LogP contribution is 2.35. The van der Waals surface area contributed by atoms with E-state index >= 15 is 0 Å². The Balaban J connectivity index is 1.39. The van der Waals surface area contributed by atoms with Crippen molar-refractivity contribution in [3.8, 4) is 57.3 Å². The van der Waals surface area contributed by atoms with Gasteiger partial charge in [0.25, 0.3) is 0 Å². The average molecular weight is 817 g/mol. The molecule has 3 unspecified atom stereocenters. The van der Waals surface area contributed by atoms with Crippen LogP contribution < -0.4 is 10.6 Å². The molecule has 2 aromatic carbocycles. The van der Waals surface area contributed by atoms with E-state index in [1.54, 1.807) is 36.0 Å². The van der Waals surface area contributed by atoms with Crippen LogP contribution in [0.15, 0.2) is 48.8 Å². The van der Waals surface area contributed by atoms with Crippen molar-refractivity contribution in [2.24, 2.45) is 11.8 Å². The molecule has 14 nitrogen and oxygen atoms in total. The lowest BCUT2D eigenvalue weighted by Crippen LogP contribution is -2.51. The second-order valence-corrected chi connectivity index (χ2v) is 15.4. The number of nitrogens with one attached hydrogen (secondary N) is 4. The van der Waals surface area contributed by atoms with E-state index in [0.29, 0.717) is 24.7 Å². The summed E-state index contributed by atoms with van der Waals surface area (Å²) in [6.45, 7) is 14.4. The number of hydrogen-bond donors (Lipinski definition) is 4. The molecule has 0 aliphatic carbocycles. The van der Waals surface area contributed by atoms with Crippen LogP contribution in [-0.4, -0.2) is 93.1 Å². The van der Waals surface area contributed by atoms with Crippen LogP contribution in [0.5, 0.6) is 0 Å². The van der Waals surface area contributed by atoms with Crippen LogP contribution in [0.3, 0.4) is 0 Å². The van der Waals surface area contributed by atoms with Crippen molar-refractivity contribution < 1.29 is 28.7 Å². The number of H-pyrrole nitrogens is 2. The monoisotopic (exact) mass is 816 g/mol. The number of rotatable bonds is 14. The lowest BCUT2D eigenvalue weighted by atomic mass is 9.92. The Bertz CT molecular complexity index is 2300. The standard InChI is InChI=1S/C46H56N8O6/c1-10-14-30-23-32(36-25-47-39(49-36)27-53(21-12-3)43(55)40(28(4)5)51-45(57)59-8)17-19-34(30)35-20-18-33(24-31(35)15-11-2)37-26-48-42(50-37)38-16-13-22-54(38)44(56)41(29(6)7)52-46(58)60-9/h17-20,23-26,28-29,38,40-41H,12-13,16,21-22,27H2,1-9H3,(H,47,49)(H,48,50)(H,51,57)(H,52,58). The van der Waals surface area contributed by atoms with Crippen LogP contribution in [0.2, 0.25) is 0 Å². The van der Waals surface area contributed by atoms with E-state index in [2.05, 4.69) is 49.3 Å². The van der Waals surface area contributed by atoms with E-state index < -0.39 is 24.3 Å². The number of likely N-dealkylation sites (tertiary alicyclic amines) is 1. The number of ether oxygens (including phenoxy) is 2. The van der Waals surface area contributed by atoms with E-state index in [1.807, 2.05) is 71.0 Å². The van der Waals surface area contributed by atoms with Gasteiger partial charge in [0.2, 0.25) is 11.8 Å². The fourth-order valence-electron chi connectivity index (χ4n) is 7.42. The first-order valence-corrected chi connectivity index (χ1v) is 20.4. The van der Waals surface area contributed by atoms with Gasteiger partial charge in [-0.1, -0.05) is 70.7 Å². The summed E-state index contributed by atoms with van der Waals surface area (Å²) < 4.78 is 9.54. The number of hydrogen-bond acceptors (Lipinski definition) is 8. The van der Waals surface area contributed by atoms with Crippen molar-refractivity contribution >= 4 is 24.0 Å². The first-order chi connectivity index (χ1) is 28.8. The molecule has 0 spiro atoms. The Hall–Kier alpha value is -6.54. The van der Waals surface area contributed by atoms with Crippen LogP contribution in [0.4, 0.5) is 9.59 Å². The predicted molar refractivity (Wildman–Crippen MR) is 230 cm³/mol. The van der Waals surface area contributed by atoms with Crippen molar-refractivity contribution in [3.05, 3.63) is 71.6 Å². The van der Waals surface area contributed by atoms with Gasteiger partial charge >= 0.3 is 12.2 Å². The summed E-state index contributed by atoms with van der Waals surface area (Å²) in [5.41, 5.74) is 6.79. The lowest BCUT2D eigenvalue weighted by molar-refractivity contribution is -0.136. The molecule has 14 heteroatoms. The molecule has 60 heavy (non-hydrogen) atoms. The second-order valence-electron chi connectivity index (χ2n) is 15.4. The third kappa shape index (κ3) is 10.4. The zero-order chi connectivity index (χ0) is 43.5. The van der Waals surface area contributed by atoms with Crippen LogP contribution >= 0.6 is 0 Å². The highest BCUT2D eigenvalue weighted by Gasteiger charge is 2.37. The third-order valence-corrected chi connectivity index (χ3v) is 10.5. The molecule has 0 bridgehead atoms. The molecular weight excluding hydrogens is 761 g/mol. The SMILES string of the molecule is CC#Cc1cc(-c2cnc(CN(CCC)C(=O)C(NC(=O)OC)C(C)C)[nH]2)ccc1-c1ccc(-c2cnc(C3CCCN3C(=O)C(NC(=O)OC)C(C)C)[nH]2)cc1C#CC. The number of nitrogens with zero attached hydrogens (tertiary/aromatic N) is 4. The van der Waals surface area contributed by atoms with Crippen LogP contribution in [-0.2, 0) is 25.6 Å². The minimum Gasteiger partial charge on any atom is -0.453 e. The zero-order valence-corrected chi connectivity index (χ0v) is 36.0. The lowest BCUT2D eigenvalue weighted by Gasteiger charge is -2.30. The minimum absolute atomic E-state index is 0.131. The van der Waals surface area contributed by atoms with Crippen LogP contribution in [0.25, 0.3) is 33.6 Å². The molecule has 1 aliphatic rings. The molecule has 5 rings (SSSR count). The van der Waals surface area contributed by atoms with E-state index in [9.17, 15) is 19.2 Å². The quantitative estimate of drug-likeness (QED) is 0.0981. The van der Waals surface area contributed by atoms with Crippen molar-refractivity contribution in [1.29, 1.82) is 0 Å². The fourth-order valence-corrected chi connectivity index (χ4v) is 7.42. The van der Waals surface area contributed by atoms with Gasteiger partial charge in [-0.25, -0.2) is 19.6 Å². The first kappa shape index (κ1) is 44.6. The maximum absolute atomic E-state index is 13.7. The first-order valence-electron chi connectivity index (χ1n) is 20.4. The summed E-state index contributed by atoms with van der Waals surface area (Å²) in [5, 5.41) is 5.37. The number of carbonyl (C=O) groups excluding carboxylic acids is 4. The largest absolute Gasteiger partial charge is 0.453 e. The summed E-state index contributed by atoms with van der Waals surface area (Å²) in [4.78, 5) is 71.0. The Labute approximate surface area is 352 Å². The smallest absolute Gasteiger partial charge is 0.407 e. The molecule has 316 valence electrons. The molecule has 1 saturated heterocycles. The normalized spacial score (nSPS) is 14.4. The van der Waals surface area contributed by atoms with Crippen LogP contribution in [0, 0.1) is 35.5 Å². The van der Waals surface area contributed by atoms with Crippen molar-refractivity contribution in [1.82, 2.24) is 40.4 Å². The van der Waals surface area contributed by atoms with Gasteiger partial charge in [-0.3, -0.25) is 9.59 Å². The van der Waals surface area contributed by atoms with Gasteiger partial charge in [-0.05, 0) is 68.2 Å². The molecule has 0 saturated carbocycles. The zero-order valence-electron chi connectivity index (χ0n) is 36.0. The number of methoxy groups -OCH3 is 2. The Morgan fingerprint density at radius 1 is 0.833 bits per heavy atom. The highest BCUT2D eigenvalue weighted by atomic mass is 16.5. The number of aromatic amines is 2. The molecule has 1 fully saturated rings. The van der Waals surface area contributed by atoms with E-state index in [1.165, 1.54) is 14.2 Å². The van der Waals surface area contributed by atoms with Gasteiger partial charge in [0, 0.05) is 35.3 Å². The average Bonchev–Trinajstić information content (AvgIpc) is 4.03. The molecule has 1 aliphatic heterocycles. The second kappa shape index (κ2) is 20.4. The molecule has 0 radical (unpaired) electrons. The van der Waals surface area contributed by atoms with Gasteiger partial charge in [0.05, 0.1) is 50.6 Å². The number of alkyl carbamates (subject to hydrolysis) is 2. The van der Waals surface area contributed by atoms with Gasteiger partial charge < -0.3 is 39.9 Å². The third-order valence-electron chi connectivity index (χ3n) is 10.5. The summed E-state index contributed by atoms with van der Waals surface area (Å²) >= 11 is 0. The topological polar surface area (TPSA) is 175 Å². The summed E-state index contributed by atoms with van der Waals surface area (Å²) in [6, 6.07) is 10.4. The van der Waals surface area contributed by atoms with Gasteiger partial charge in [-0.15, -0.1) is 11.8 Å². The summed E-state index contributed by atoms with van der Waals surface area (Å²) in [7, 11) is 2.56. The molecule has 3 atom stereocenters. The minimum atomic E-state index is -0.739. The molecule has 4 amide bonds. The maximum atomic E-state index is 13.7. The highest BCUT2D eigenvalue weighted by molar-refractivity contribution is 5.87. The molecular formula is C46H56N8O6. The Kier molecular flexibility index (Phi) is 15.2. The number of benzene rings is 2. The number of amides is 4. The van der Waals surface area contributed by atoms with E-state index in [0.717, 1.165) is 64.0 Å². The van der Waals surface area contributed by atoms with Crippen LogP contribution in [0.1, 0.15) is 96.5 Å². The molecule has 3 heterocycles. The Morgan fingerprint density at radius 3 is 1.92 bits per heavy atom. The van der Waals surface area contributed by atoms with Gasteiger partial charge in [-0.2, -0.15) is 0 Å². The van der Waals surface area contributed by atoms with E-state index in [4.69, 9.17) is 14.5 Å². The number of carbonyl (C=O) groups is 4. The summed E-state index contributed by atoms with van der Waals surface area (Å²) in [6.07, 6.45) is 4.53. The maximum Gasteiger partial charge on any atom is 0.407 e. The number of imidazole rings is 2. The number of aromatic nitrogens is 4. The van der Waals surface area contributed by atoms with Gasteiger partial charge in [0.15, 0.2) is 0 Å². The molecule has 2 aromatic heterocycles.